The van der Waals surface area contributed by atoms with E-state index >= 15 is 0 Å². The van der Waals surface area contributed by atoms with Gasteiger partial charge in [-0.15, -0.1) is 0 Å². The van der Waals surface area contributed by atoms with Gasteiger partial charge < -0.3 is 60.2 Å². The predicted octanol–water partition coefficient (Wildman–Crippen LogP) is 6.68. The molecule has 13 N–H and O–H groups in total. The van der Waals surface area contributed by atoms with E-state index in [1.54, 1.807) is 18.2 Å². The third-order valence-electron chi connectivity index (χ3n) is 18.5. The first-order valence-electron chi connectivity index (χ1n) is 37.4. The number of nitrogens with one attached hydrogen (secondary N) is 8. The lowest BCUT2D eigenvalue weighted by Crippen LogP contribution is -2.34. The van der Waals surface area contributed by atoms with Crippen molar-refractivity contribution in [1.29, 1.82) is 0 Å². The Balaban J connectivity index is 0.000000163. The van der Waals surface area contributed by atoms with E-state index in [2.05, 4.69) is 95.5 Å². The molecule has 126 heavy (non-hydrogen) atoms. The molecule has 9 aromatic rings. The molecular weight excluding hydrogens is 1870 g/mol. The fraction of sp³-hybridized carbons (Fsp3) is 0.315. The van der Waals surface area contributed by atoms with E-state index in [-0.39, 0.29) is 107 Å². The first kappa shape index (κ1) is 95.6. The van der Waals surface area contributed by atoms with Crippen LogP contribution in [0.2, 0.25) is 0 Å². The van der Waals surface area contributed by atoms with Crippen molar-refractivity contribution in [3.63, 3.8) is 0 Å². The Bertz CT molecular complexity index is 6980. The fourth-order valence-corrected chi connectivity index (χ4v) is 20.9. The normalized spacial score (nSPS) is 18.8. The molecule has 5 aliphatic rings. The Kier molecular flexibility index (Phi) is 28.1. The summed E-state index contributed by atoms with van der Waals surface area (Å²) in [5.74, 6) is -1.70. The van der Waals surface area contributed by atoms with Crippen LogP contribution in [0.5, 0.6) is 23.0 Å². The second kappa shape index (κ2) is 37.1. The molecule has 4 aliphatic heterocycles. The minimum Gasteiger partial charge on any atom is -0.505 e. The lowest BCUT2D eigenvalue weighted by atomic mass is 9.92. The molecule has 0 spiro atoms. The van der Waals surface area contributed by atoms with Gasteiger partial charge >= 0.3 is 30.1 Å². The lowest BCUT2D eigenvalue weighted by molar-refractivity contribution is 0.334. The van der Waals surface area contributed by atoms with Gasteiger partial charge in [0.1, 0.15) is 22.3 Å². The topological polar surface area (TPSA) is 619 Å². The number of halogens is 1. The summed E-state index contributed by atoms with van der Waals surface area (Å²) < 4.78 is 192. The third kappa shape index (κ3) is 23.4. The van der Waals surface area contributed by atoms with Crippen LogP contribution >= 0.6 is 46.0 Å². The molecule has 1 aliphatic carbocycles. The van der Waals surface area contributed by atoms with Crippen molar-refractivity contribution in [1.82, 2.24) is 39.1 Å². The zero-order valence-electron chi connectivity index (χ0n) is 69.0. The van der Waals surface area contributed by atoms with Crippen LogP contribution < -0.4 is 83.6 Å². The smallest absolute Gasteiger partial charge is 0.348 e. The minimum atomic E-state index is -4.41. The van der Waals surface area contributed by atoms with Crippen molar-refractivity contribution >= 4 is 176 Å². The predicted molar refractivity (Wildman–Crippen MR) is 483 cm³/mol. The number of aromatic hydroxyl groups is 4. The van der Waals surface area contributed by atoms with Gasteiger partial charge in [-0.3, -0.25) is 56.3 Å². The van der Waals surface area contributed by atoms with Crippen LogP contribution in [0.3, 0.4) is 0 Å². The Labute approximate surface area is 729 Å². The molecule has 0 amide bonds. The molecule has 674 valence electrons. The number of nitrogens with zero attached hydrogens (tertiary/aromatic N) is 12. The van der Waals surface area contributed by atoms with Gasteiger partial charge in [0.2, 0.25) is 40.1 Å². The molecule has 4 aromatic heterocycles. The number of hydrogen-bond donors (Lipinski definition) is 13. The maximum atomic E-state index is 13.5. The van der Waals surface area contributed by atoms with Gasteiger partial charge in [-0.05, 0) is 133 Å². The van der Waals surface area contributed by atoms with Gasteiger partial charge in [-0.1, -0.05) is 62.7 Å². The van der Waals surface area contributed by atoms with Gasteiger partial charge in [-0.25, -0.2) is 52.4 Å². The number of benzene rings is 5. The highest BCUT2D eigenvalue weighted by Gasteiger charge is 2.40. The first-order chi connectivity index (χ1) is 58.7. The van der Waals surface area contributed by atoms with Crippen LogP contribution in [0, 0.1) is 17.3 Å². The molecule has 0 bridgehead atoms. The van der Waals surface area contributed by atoms with E-state index in [1.165, 1.54) is 108 Å². The number of sulfonamides is 4. The molecule has 53 heteroatoms. The van der Waals surface area contributed by atoms with E-state index < -0.39 is 115 Å². The monoisotopic (exact) mass is 1960 g/mol. The van der Waals surface area contributed by atoms with Crippen LogP contribution in [0.1, 0.15) is 88.1 Å². The van der Waals surface area contributed by atoms with Crippen LogP contribution in [0.25, 0.3) is 0 Å². The number of fused-ring (bicyclic) bond motifs is 4. The highest BCUT2D eigenvalue weighted by atomic mass is 79.9. The SMILES string of the molecule is COP1(=O)N=C(c2c(O)cnn(CC3CC3)c2=O)Nc2ccc(NS(C)(=O)=O)cc21.COP1(=O)N=C(c2c(O)cnn(CCC(C)(C)C)c2=O)Nc2ccc(NS(C)(=O)=O)cc21.COP1(=O)N=C(c2c(O)cnn(CCC(C)C)c2=O)Nc2ccc(NS(C)(=O)=O)cc21.CS(=O)(=O)Nc1ccc2c(c1)P(=O)(O)N=C(c1c(O)cnn(Cc3cccc(Br)c3)c1=O)N2. The Hall–Kier alpha value is -11.1. The van der Waals surface area contributed by atoms with Crippen molar-refractivity contribution in [2.24, 2.45) is 36.3 Å². The van der Waals surface area contributed by atoms with E-state index in [1.807, 2.05) is 40.7 Å². The van der Waals surface area contributed by atoms with E-state index in [0.717, 1.165) is 77.4 Å². The molecular formula is C73H87BrN20O24P4S4. The van der Waals surface area contributed by atoms with Crippen molar-refractivity contribution in [2.45, 2.75) is 86.5 Å². The van der Waals surface area contributed by atoms with Crippen molar-refractivity contribution in [3.05, 3.63) is 196 Å². The number of aryl methyl sites for hydroxylation is 2. The minimum absolute atomic E-state index is 0.0395. The summed E-state index contributed by atoms with van der Waals surface area (Å²) in [6, 6.07) is 24.1. The average Bonchev–Trinajstić information content (AvgIpc) is 1.21. The summed E-state index contributed by atoms with van der Waals surface area (Å²) in [6.45, 7) is 11.3. The summed E-state index contributed by atoms with van der Waals surface area (Å²) in [7, 11) is -26.7. The fourth-order valence-electron chi connectivity index (χ4n) is 12.4. The van der Waals surface area contributed by atoms with E-state index in [0.29, 0.717) is 61.4 Å². The summed E-state index contributed by atoms with van der Waals surface area (Å²) >= 11 is 3.36. The average molecular weight is 1960 g/mol. The third-order valence-corrected chi connectivity index (χ3v) is 28.7. The van der Waals surface area contributed by atoms with Crippen molar-refractivity contribution in [3.8, 4) is 23.0 Å². The molecule has 4 unspecified atom stereocenters. The number of amidine groups is 4. The number of anilines is 8. The van der Waals surface area contributed by atoms with Gasteiger partial charge in [0.25, 0.3) is 22.2 Å². The van der Waals surface area contributed by atoms with Crippen LogP contribution in [0.4, 0.5) is 45.5 Å². The van der Waals surface area contributed by atoms with Crippen molar-refractivity contribution in [2.75, 3.05) is 86.5 Å². The quantitative estimate of drug-likeness (QED) is 0.0280. The van der Waals surface area contributed by atoms with Gasteiger partial charge in [0.15, 0.2) is 46.3 Å². The molecule has 0 saturated heterocycles. The van der Waals surface area contributed by atoms with Gasteiger partial charge in [-0.2, -0.15) is 39.4 Å². The molecule has 14 rings (SSSR count). The Morgan fingerprint density at radius 2 is 0.786 bits per heavy atom. The largest absolute Gasteiger partial charge is 0.505 e. The maximum Gasteiger partial charge on any atom is 0.348 e. The van der Waals surface area contributed by atoms with Gasteiger partial charge in [0, 0.05) is 68.2 Å². The first-order valence-corrected chi connectivity index (χ1v) is 52.1. The van der Waals surface area contributed by atoms with Crippen LogP contribution in [-0.2, 0) is 98.1 Å². The molecule has 4 atom stereocenters. The standard InChI is InChI=1S/C19H17BrN5O6PS.C19H26N5O6PS.C18H24N5O6PS.C17H20N5O6PS/c1-33(30,31)24-13-5-6-14-16(8-13)32(28,29)23-18(22-14)17-15(26)9-21-25(19(17)27)10-11-3-2-4-12(20)7-11;1-19(2,3)8-9-24-18(26)16(14(25)11-20-24)17-21-13-7-6-12(23-32(5,28)29)10-15(13)31(27,22-17)30-4;1-11(2)7-8-23-18(25)16(14(24)10-19-23)17-20-13-6-5-12(22-31(4,27)28)9-15(13)30(26,21-17)29-3;1-28-29(25)14-7-11(21-30(2,26)27)5-6-12(14)19-16(20-29)15-13(23)8-18-22(17(15)24)9-10-3-4-10/h2-9,24,26H,10H2,1H3,(H2,22,23,28,29);6-7,10-11,23,25H,8-9H2,1-5H3,(H,21,22,27);5-6,9-11,22,24H,7-8H2,1-4H3,(H,20,21,26);5-8,10,21,23H,3-4,9H2,1-2H3,(H,19,20,25). The van der Waals surface area contributed by atoms with Crippen LogP contribution in [0.15, 0.2) is 165 Å². The molecule has 0 radical (unpaired) electrons. The molecule has 1 saturated carbocycles. The van der Waals surface area contributed by atoms with E-state index in [9.17, 15) is 96.4 Å². The summed E-state index contributed by atoms with van der Waals surface area (Å²) in [5, 5.41) is 68.8. The molecule has 44 nitrogen and oxygen atoms in total. The number of aromatic nitrogens is 8. The summed E-state index contributed by atoms with van der Waals surface area (Å²) in [6.07, 6.45) is 11.8. The van der Waals surface area contributed by atoms with Crippen molar-refractivity contribution < 1.29 is 90.8 Å². The second-order valence-corrected chi connectivity index (χ2v) is 46.5. The zero-order chi connectivity index (χ0) is 92.5. The highest BCUT2D eigenvalue weighted by Crippen LogP contribution is 2.55. The zero-order valence-corrected chi connectivity index (χ0v) is 77.4. The van der Waals surface area contributed by atoms with E-state index in [4.69, 9.17) is 13.6 Å². The van der Waals surface area contributed by atoms with Crippen LogP contribution in [-0.4, -0.2) is 168 Å². The second-order valence-electron chi connectivity index (χ2n) is 30.6. The lowest BCUT2D eigenvalue weighted by Gasteiger charge is -2.25. The number of rotatable bonds is 24. The molecule has 8 heterocycles. The molecule has 1 fully saturated rings. The highest BCUT2D eigenvalue weighted by molar-refractivity contribution is 9.10. The Morgan fingerprint density at radius 1 is 0.468 bits per heavy atom. The van der Waals surface area contributed by atoms with Gasteiger partial charge in [0.05, 0.1) is 100 Å². The Morgan fingerprint density at radius 3 is 1.12 bits per heavy atom. The summed E-state index contributed by atoms with van der Waals surface area (Å²) in [5.41, 5.74) is -0.906. The maximum absolute atomic E-state index is 13.5. The molecule has 5 aromatic carbocycles. The number of hydrogen-bond acceptors (Lipinski definition) is 31. The summed E-state index contributed by atoms with van der Waals surface area (Å²) in [4.78, 5) is 62.5.